The summed E-state index contributed by atoms with van der Waals surface area (Å²) in [5, 5.41) is 13.2. The minimum Gasteiger partial charge on any atom is -0.370 e. The molecule has 0 spiro atoms. The SMILES string of the molecule is Cc1nc(CN(C)[C@H]2CCCN(c3cccc(F)c3C#N)CC2)no1. The molecular formula is C18H22FN5O. The second kappa shape index (κ2) is 7.62. The summed E-state index contributed by atoms with van der Waals surface area (Å²) in [6, 6.07) is 7.22. The molecule has 1 aromatic heterocycles. The molecule has 132 valence electrons. The van der Waals surface area contributed by atoms with Crippen LogP contribution >= 0.6 is 0 Å². The van der Waals surface area contributed by atoms with Crippen LogP contribution in [0.3, 0.4) is 0 Å². The summed E-state index contributed by atoms with van der Waals surface area (Å²) in [4.78, 5) is 8.62. The highest BCUT2D eigenvalue weighted by atomic mass is 19.1. The van der Waals surface area contributed by atoms with Crippen LogP contribution in [0.1, 0.15) is 36.5 Å². The van der Waals surface area contributed by atoms with Crippen LogP contribution in [-0.2, 0) is 6.54 Å². The zero-order chi connectivity index (χ0) is 17.8. The molecular weight excluding hydrogens is 321 g/mol. The van der Waals surface area contributed by atoms with Crippen LogP contribution in [0.2, 0.25) is 0 Å². The first-order chi connectivity index (χ1) is 12.1. The second-order valence-corrected chi connectivity index (χ2v) is 6.46. The monoisotopic (exact) mass is 343 g/mol. The number of benzene rings is 1. The molecule has 2 heterocycles. The van der Waals surface area contributed by atoms with Crippen molar-refractivity contribution in [1.82, 2.24) is 15.0 Å². The van der Waals surface area contributed by atoms with E-state index in [2.05, 4.69) is 27.0 Å². The first kappa shape index (κ1) is 17.4. The molecule has 1 aromatic carbocycles. The van der Waals surface area contributed by atoms with Crippen molar-refractivity contribution in [2.75, 3.05) is 25.0 Å². The molecule has 2 aromatic rings. The highest BCUT2D eigenvalue weighted by Crippen LogP contribution is 2.26. The van der Waals surface area contributed by atoms with E-state index in [1.54, 1.807) is 13.0 Å². The van der Waals surface area contributed by atoms with E-state index in [9.17, 15) is 9.65 Å². The van der Waals surface area contributed by atoms with Crippen LogP contribution < -0.4 is 4.90 Å². The lowest BCUT2D eigenvalue weighted by molar-refractivity contribution is 0.209. The Balaban J connectivity index is 1.66. The summed E-state index contributed by atoms with van der Waals surface area (Å²) < 4.78 is 18.9. The van der Waals surface area contributed by atoms with Gasteiger partial charge in [0, 0.05) is 26.1 Å². The number of nitrogens with zero attached hydrogens (tertiary/aromatic N) is 5. The third-order valence-electron chi connectivity index (χ3n) is 4.73. The molecule has 0 N–H and O–H groups in total. The average Bonchev–Trinajstić information content (AvgIpc) is 2.85. The van der Waals surface area contributed by atoms with Crippen LogP contribution in [-0.4, -0.2) is 41.2 Å². The van der Waals surface area contributed by atoms with Gasteiger partial charge in [-0.15, -0.1) is 0 Å². The molecule has 0 radical (unpaired) electrons. The maximum Gasteiger partial charge on any atom is 0.223 e. The van der Waals surface area contributed by atoms with Gasteiger partial charge in [-0.25, -0.2) is 4.39 Å². The Morgan fingerprint density at radius 1 is 1.40 bits per heavy atom. The lowest BCUT2D eigenvalue weighted by Crippen LogP contribution is -2.33. The van der Waals surface area contributed by atoms with Gasteiger partial charge in [0.2, 0.25) is 5.89 Å². The lowest BCUT2D eigenvalue weighted by atomic mass is 10.1. The molecule has 1 aliphatic rings. The van der Waals surface area contributed by atoms with Crippen LogP contribution in [0.15, 0.2) is 22.7 Å². The van der Waals surface area contributed by atoms with Crippen LogP contribution in [0.25, 0.3) is 0 Å². The summed E-state index contributed by atoms with van der Waals surface area (Å²) in [6.45, 7) is 4.04. The number of halogens is 1. The fourth-order valence-corrected chi connectivity index (χ4v) is 3.41. The molecule has 0 amide bonds. The van der Waals surface area contributed by atoms with E-state index in [1.165, 1.54) is 6.07 Å². The summed E-state index contributed by atoms with van der Waals surface area (Å²) in [5.74, 6) is 0.814. The maximum atomic E-state index is 13.9. The quantitative estimate of drug-likeness (QED) is 0.850. The number of aryl methyl sites for hydroxylation is 1. The highest BCUT2D eigenvalue weighted by molar-refractivity contribution is 5.59. The molecule has 1 saturated heterocycles. The average molecular weight is 343 g/mol. The number of aromatic nitrogens is 2. The van der Waals surface area contributed by atoms with Crippen molar-refractivity contribution in [2.24, 2.45) is 0 Å². The normalized spacial score (nSPS) is 18.2. The predicted octanol–water partition coefficient (Wildman–Crippen LogP) is 2.88. The fourth-order valence-electron chi connectivity index (χ4n) is 3.41. The van der Waals surface area contributed by atoms with E-state index in [0.717, 1.165) is 32.4 Å². The van der Waals surface area contributed by atoms with Crippen LogP contribution in [0.5, 0.6) is 0 Å². The highest BCUT2D eigenvalue weighted by Gasteiger charge is 2.23. The summed E-state index contributed by atoms with van der Waals surface area (Å²) in [6.07, 6.45) is 2.97. The first-order valence-corrected chi connectivity index (χ1v) is 8.51. The van der Waals surface area contributed by atoms with E-state index >= 15 is 0 Å². The van der Waals surface area contributed by atoms with E-state index in [-0.39, 0.29) is 5.56 Å². The molecule has 7 heteroatoms. The zero-order valence-electron chi connectivity index (χ0n) is 14.6. The number of rotatable bonds is 4. The Kier molecular flexibility index (Phi) is 5.29. The summed E-state index contributed by atoms with van der Waals surface area (Å²) >= 11 is 0. The predicted molar refractivity (Wildman–Crippen MR) is 91.5 cm³/mol. The molecule has 1 fully saturated rings. The second-order valence-electron chi connectivity index (χ2n) is 6.46. The summed E-state index contributed by atoms with van der Waals surface area (Å²) in [5.41, 5.74) is 0.830. The Morgan fingerprint density at radius 3 is 2.96 bits per heavy atom. The molecule has 0 bridgehead atoms. The van der Waals surface area contributed by atoms with Gasteiger partial charge in [0.25, 0.3) is 0 Å². The van der Waals surface area contributed by atoms with Crippen LogP contribution in [0, 0.1) is 24.1 Å². The first-order valence-electron chi connectivity index (χ1n) is 8.51. The van der Waals surface area contributed by atoms with E-state index in [4.69, 9.17) is 4.52 Å². The summed E-state index contributed by atoms with van der Waals surface area (Å²) in [7, 11) is 2.06. The molecule has 1 aliphatic heterocycles. The van der Waals surface area contributed by atoms with Gasteiger partial charge < -0.3 is 9.42 Å². The van der Waals surface area contributed by atoms with Gasteiger partial charge in [-0.3, -0.25) is 4.90 Å². The Bertz CT molecular complexity index is 769. The van der Waals surface area contributed by atoms with Crippen molar-refractivity contribution in [3.8, 4) is 6.07 Å². The van der Waals surface area contributed by atoms with Crippen molar-refractivity contribution in [3.05, 3.63) is 41.3 Å². The standard InChI is InChI=1S/C18H22FN5O/c1-13-21-18(22-25-13)12-23(2)14-5-4-9-24(10-8-14)17-7-3-6-16(19)15(17)11-20/h3,6-7,14H,4-5,8-10,12H2,1-2H3/t14-/m0/s1. The zero-order valence-corrected chi connectivity index (χ0v) is 14.6. The Labute approximate surface area is 146 Å². The molecule has 0 saturated carbocycles. The van der Waals surface area contributed by atoms with Crippen molar-refractivity contribution in [3.63, 3.8) is 0 Å². The third kappa shape index (κ3) is 3.97. The topological polar surface area (TPSA) is 69.2 Å². The van der Waals surface area contributed by atoms with Gasteiger partial charge in [-0.05, 0) is 38.4 Å². The minimum absolute atomic E-state index is 0.136. The Morgan fingerprint density at radius 2 is 2.24 bits per heavy atom. The molecule has 6 nitrogen and oxygen atoms in total. The number of hydrogen-bond donors (Lipinski definition) is 0. The molecule has 1 atom stereocenters. The van der Waals surface area contributed by atoms with Crippen molar-refractivity contribution in [1.29, 1.82) is 5.26 Å². The van der Waals surface area contributed by atoms with Crippen molar-refractivity contribution < 1.29 is 8.91 Å². The lowest BCUT2D eigenvalue weighted by Gasteiger charge is -2.27. The molecule has 0 unspecified atom stereocenters. The van der Waals surface area contributed by atoms with Gasteiger partial charge in [0.15, 0.2) is 5.82 Å². The van der Waals surface area contributed by atoms with Gasteiger partial charge in [-0.2, -0.15) is 10.2 Å². The van der Waals surface area contributed by atoms with E-state index in [0.29, 0.717) is 30.0 Å². The smallest absolute Gasteiger partial charge is 0.223 e. The van der Waals surface area contributed by atoms with Gasteiger partial charge >= 0.3 is 0 Å². The van der Waals surface area contributed by atoms with Crippen molar-refractivity contribution in [2.45, 2.75) is 38.8 Å². The third-order valence-corrected chi connectivity index (χ3v) is 4.73. The fraction of sp³-hybridized carbons (Fsp3) is 0.500. The maximum absolute atomic E-state index is 13.9. The van der Waals surface area contributed by atoms with Gasteiger partial charge in [0.05, 0.1) is 12.2 Å². The largest absolute Gasteiger partial charge is 0.370 e. The van der Waals surface area contributed by atoms with Crippen LogP contribution in [0.4, 0.5) is 10.1 Å². The molecule has 3 rings (SSSR count). The molecule has 25 heavy (non-hydrogen) atoms. The number of hydrogen-bond acceptors (Lipinski definition) is 6. The van der Waals surface area contributed by atoms with E-state index < -0.39 is 5.82 Å². The van der Waals surface area contributed by atoms with E-state index in [1.807, 2.05) is 12.1 Å². The number of nitriles is 1. The Hall–Kier alpha value is -2.46. The van der Waals surface area contributed by atoms with Gasteiger partial charge in [0.1, 0.15) is 17.4 Å². The van der Waals surface area contributed by atoms with Gasteiger partial charge in [-0.1, -0.05) is 11.2 Å². The van der Waals surface area contributed by atoms with Crippen molar-refractivity contribution >= 4 is 5.69 Å². The number of anilines is 1. The minimum atomic E-state index is -0.453. The molecule has 0 aliphatic carbocycles.